The van der Waals surface area contributed by atoms with Gasteiger partial charge in [-0.3, -0.25) is 0 Å². The third kappa shape index (κ3) is 3.18. The lowest BCUT2D eigenvalue weighted by molar-refractivity contribution is -0.137. The molecule has 1 aliphatic rings. The molecule has 1 unspecified atom stereocenters. The van der Waals surface area contributed by atoms with Crippen molar-refractivity contribution in [2.45, 2.75) is 37.9 Å². The Hall–Kier alpha value is -1.30. The molecule has 1 N–H and O–H groups in total. The largest absolute Gasteiger partial charge is 0.419 e. The lowest BCUT2D eigenvalue weighted by atomic mass is 10.1. The highest BCUT2D eigenvalue weighted by Crippen LogP contribution is 2.38. The Morgan fingerprint density at radius 3 is 2.89 bits per heavy atom. The number of hydrogen-bond donors (Lipinski definition) is 1. The van der Waals surface area contributed by atoms with E-state index in [0.717, 1.165) is 18.9 Å². The van der Waals surface area contributed by atoms with E-state index in [1.165, 1.54) is 12.3 Å². The van der Waals surface area contributed by atoms with Gasteiger partial charge in [-0.2, -0.15) is 13.2 Å². The molecule has 106 valence electrons. The monoisotopic (exact) mass is 274 g/mol. The average Bonchev–Trinajstić information content (AvgIpc) is 2.83. The molecule has 0 bridgehead atoms. The smallest absolute Gasteiger partial charge is 0.396 e. The van der Waals surface area contributed by atoms with Crippen molar-refractivity contribution >= 4 is 5.82 Å². The van der Waals surface area contributed by atoms with E-state index in [4.69, 9.17) is 5.11 Å². The van der Waals surface area contributed by atoms with Gasteiger partial charge in [0.2, 0.25) is 0 Å². The summed E-state index contributed by atoms with van der Waals surface area (Å²) in [5, 5.41) is 8.85. The van der Waals surface area contributed by atoms with Crippen LogP contribution in [0.2, 0.25) is 0 Å². The summed E-state index contributed by atoms with van der Waals surface area (Å²) in [6.45, 7) is 0.662. The highest BCUT2D eigenvalue weighted by molar-refractivity contribution is 5.50. The molecule has 1 saturated heterocycles. The number of nitrogens with zero attached hydrogens (tertiary/aromatic N) is 2. The summed E-state index contributed by atoms with van der Waals surface area (Å²) >= 11 is 0. The Bertz CT molecular complexity index is 423. The zero-order valence-electron chi connectivity index (χ0n) is 10.5. The van der Waals surface area contributed by atoms with Crippen LogP contribution in [0.5, 0.6) is 0 Å². The van der Waals surface area contributed by atoms with Crippen LogP contribution in [0.15, 0.2) is 18.3 Å². The van der Waals surface area contributed by atoms with Gasteiger partial charge in [-0.1, -0.05) is 0 Å². The first-order valence-corrected chi connectivity index (χ1v) is 6.43. The third-order valence-corrected chi connectivity index (χ3v) is 3.44. The van der Waals surface area contributed by atoms with Crippen LogP contribution >= 0.6 is 0 Å². The summed E-state index contributed by atoms with van der Waals surface area (Å²) in [7, 11) is 0. The SMILES string of the molecule is OCCCC1CCCN1c1ncccc1C(F)(F)F. The van der Waals surface area contributed by atoms with Gasteiger partial charge in [-0.15, -0.1) is 0 Å². The van der Waals surface area contributed by atoms with Gasteiger partial charge in [-0.25, -0.2) is 4.98 Å². The molecule has 1 aliphatic heterocycles. The lowest BCUT2D eigenvalue weighted by Gasteiger charge is -2.28. The van der Waals surface area contributed by atoms with Crippen molar-refractivity contribution < 1.29 is 18.3 Å². The fourth-order valence-electron chi connectivity index (χ4n) is 2.59. The molecule has 19 heavy (non-hydrogen) atoms. The molecular formula is C13H17F3N2O. The predicted octanol–water partition coefficient (Wildman–Crippen LogP) is 2.84. The predicted molar refractivity (Wildman–Crippen MR) is 65.9 cm³/mol. The minimum atomic E-state index is -4.38. The zero-order valence-corrected chi connectivity index (χ0v) is 10.5. The minimum absolute atomic E-state index is 0.0236. The Morgan fingerprint density at radius 2 is 2.21 bits per heavy atom. The van der Waals surface area contributed by atoms with Crippen molar-refractivity contribution in [2.75, 3.05) is 18.1 Å². The Morgan fingerprint density at radius 1 is 1.42 bits per heavy atom. The first-order valence-electron chi connectivity index (χ1n) is 6.43. The second kappa shape index (κ2) is 5.77. The zero-order chi connectivity index (χ0) is 13.9. The second-order valence-electron chi connectivity index (χ2n) is 4.73. The van der Waals surface area contributed by atoms with Crippen molar-refractivity contribution in [3.63, 3.8) is 0 Å². The van der Waals surface area contributed by atoms with Crippen LogP contribution in [0.3, 0.4) is 0 Å². The van der Waals surface area contributed by atoms with Gasteiger partial charge in [0.05, 0.1) is 5.56 Å². The van der Waals surface area contributed by atoms with Gasteiger partial charge < -0.3 is 10.0 Å². The molecular weight excluding hydrogens is 257 g/mol. The van der Waals surface area contributed by atoms with Crippen LogP contribution in [0.4, 0.5) is 19.0 Å². The third-order valence-electron chi connectivity index (χ3n) is 3.44. The van der Waals surface area contributed by atoms with E-state index >= 15 is 0 Å². The van der Waals surface area contributed by atoms with E-state index in [0.29, 0.717) is 19.4 Å². The van der Waals surface area contributed by atoms with Crippen molar-refractivity contribution in [3.8, 4) is 0 Å². The van der Waals surface area contributed by atoms with Crippen LogP contribution < -0.4 is 4.90 Å². The number of aliphatic hydroxyl groups excluding tert-OH is 1. The topological polar surface area (TPSA) is 36.4 Å². The summed E-state index contributed by atoms with van der Waals surface area (Å²) in [4.78, 5) is 5.66. The molecule has 1 aromatic rings. The molecule has 2 rings (SSSR count). The van der Waals surface area contributed by atoms with E-state index in [1.54, 1.807) is 4.90 Å². The van der Waals surface area contributed by atoms with Crippen LogP contribution in [0.1, 0.15) is 31.2 Å². The number of hydrogen-bond acceptors (Lipinski definition) is 3. The van der Waals surface area contributed by atoms with Crippen molar-refractivity contribution in [1.82, 2.24) is 4.98 Å². The molecule has 1 atom stereocenters. The first-order chi connectivity index (χ1) is 9.04. The van der Waals surface area contributed by atoms with Gasteiger partial charge in [0.15, 0.2) is 0 Å². The van der Waals surface area contributed by atoms with E-state index < -0.39 is 11.7 Å². The highest BCUT2D eigenvalue weighted by Gasteiger charge is 2.37. The molecule has 0 amide bonds. The normalized spacial score (nSPS) is 20.0. The van der Waals surface area contributed by atoms with Crippen LogP contribution in [0.25, 0.3) is 0 Å². The van der Waals surface area contributed by atoms with Gasteiger partial charge in [0, 0.05) is 25.4 Å². The standard InChI is InChI=1S/C13H17F3N2O/c14-13(15,16)11-6-1-7-17-12(11)18-8-2-4-10(18)5-3-9-19/h1,6-7,10,19H,2-5,8-9H2. The number of aliphatic hydroxyl groups is 1. The number of anilines is 1. The van der Waals surface area contributed by atoms with E-state index in [1.807, 2.05) is 0 Å². The Balaban J connectivity index is 2.25. The maximum absolute atomic E-state index is 13.0. The molecule has 0 saturated carbocycles. The summed E-state index contributed by atoms with van der Waals surface area (Å²) < 4.78 is 38.9. The number of alkyl halides is 3. The second-order valence-corrected chi connectivity index (χ2v) is 4.73. The van der Waals surface area contributed by atoms with E-state index in [2.05, 4.69) is 4.98 Å². The van der Waals surface area contributed by atoms with Gasteiger partial charge in [-0.05, 0) is 37.8 Å². The molecule has 0 radical (unpaired) electrons. The Kier molecular flexibility index (Phi) is 4.29. The quantitative estimate of drug-likeness (QED) is 0.917. The van der Waals surface area contributed by atoms with Crippen molar-refractivity contribution in [1.29, 1.82) is 0 Å². The first kappa shape index (κ1) is 14.1. The Labute approximate surface area is 110 Å². The molecule has 0 aliphatic carbocycles. The molecule has 1 aromatic heterocycles. The van der Waals surface area contributed by atoms with Crippen molar-refractivity contribution in [2.24, 2.45) is 0 Å². The maximum atomic E-state index is 13.0. The molecule has 0 spiro atoms. The number of aromatic nitrogens is 1. The molecule has 3 nitrogen and oxygen atoms in total. The minimum Gasteiger partial charge on any atom is -0.396 e. The summed E-state index contributed by atoms with van der Waals surface area (Å²) in [6.07, 6.45) is 0.0390. The highest BCUT2D eigenvalue weighted by atomic mass is 19.4. The molecule has 0 aromatic carbocycles. The summed E-state index contributed by atoms with van der Waals surface area (Å²) in [5.74, 6) is 0.0236. The fourth-order valence-corrected chi connectivity index (χ4v) is 2.59. The van der Waals surface area contributed by atoms with E-state index in [9.17, 15) is 13.2 Å². The van der Waals surface area contributed by atoms with Crippen LogP contribution in [-0.4, -0.2) is 29.3 Å². The summed E-state index contributed by atoms with van der Waals surface area (Å²) in [5.41, 5.74) is -0.675. The van der Waals surface area contributed by atoms with Gasteiger partial charge in [0.25, 0.3) is 0 Å². The van der Waals surface area contributed by atoms with Gasteiger partial charge >= 0.3 is 6.18 Å². The van der Waals surface area contributed by atoms with E-state index in [-0.39, 0.29) is 18.5 Å². The maximum Gasteiger partial charge on any atom is 0.419 e. The van der Waals surface area contributed by atoms with Crippen LogP contribution in [0, 0.1) is 0 Å². The number of rotatable bonds is 4. The number of pyridine rings is 1. The average molecular weight is 274 g/mol. The summed E-state index contributed by atoms with van der Waals surface area (Å²) in [6, 6.07) is 2.43. The van der Waals surface area contributed by atoms with Crippen molar-refractivity contribution in [3.05, 3.63) is 23.9 Å². The lowest BCUT2D eigenvalue weighted by Crippen LogP contribution is -2.32. The van der Waals surface area contributed by atoms with Crippen LogP contribution in [-0.2, 0) is 6.18 Å². The number of halogens is 3. The molecule has 2 heterocycles. The van der Waals surface area contributed by atoms with Gasteiger partial charge in [0.1, 0.15) is 5.82 Å². The molecule has 6 heteroatoms. The molecule has 1 fully saturated rings. The fraction of sp³-hybridized carbons (Fsp3) is 0.615.